The second-order valence-electron chi connectivity index (χ2n) is 5.34. The van der Waals surface area contributed by atoms with E-state index in [0.717, 1.165) is 5.56 Å². The first-order valence-corrected chi connectivity index (χ1v) is 9.34. The summed E-state index contributed by atoms with van der Waals surface area (Å²) < 4.78 is 28.3. The maximum absolute atomic E-state index is 12.5. The molecule has 2 rings (SSSR count). The van der Waals surface area contributed by atoms with E-state index >= 15 is 0 Å². The molecule has 1 aromatic rings. The van der Waals surface area contributed by atoms with Gasteiger partial charge in [0.2, 0.25) is 10.7 Å². The van der Waals surface area contributed by atoms with Gasteiger partial charge in [0.05, 0.1) is 6.61 Å². The topological polar surface area (TPSA) is 63.2 Å². The highest BCUT2D eigenvalue weighted by Gasteiger charge is 2.45. The van der Waals surface area contributed by atoms with Crippen molar-refractivity contribution in [3.05, 3.63) is 35.9 Å². The Hall–Kier alpha value is -1.03. The Balaban J connectivity index is 2.14. The molecule has 1 heterocycles. The van der Waals surface area contributed by atoms with E-state index in [1.165, 1.54) is 26.0 Å². The third-order valence-electron chi connectivity index (χ3n) is 3.79. The number of benzene rings is 1. The molecule has 0 saturated carbocycles. The maximum atomic E-state index is 12.5. The second-order valence-corrected chi connectivity index (χ2v) is 6.74. The number of hydrogen-bond donors (Lipinski definition) is 0. The molecule has 1 fully saturated rings. The number of methoxy groups -OCH3 is 2. The molecule has 4 atom stereocenters. The molecule has 1 unspecified atom stereocenters. The van der Waals surface area contributed by atoms with E-state index in [2.05, 4.69) is 0 Å². The molecule has 0 bridgehead atoms. The van der Waals surface area contributed by atoms with Gasteiger partial charge in [0.25, 0.3) is 0 Å². The summed E-state index contributed by atoms with van der Waals surface area (Å²) in [5.74, 6) is -0.231. The summed E-state index contributed by atoms with van der Waals surface area (Å²) in [6.07, 6.45) is -1.22. The number of ether oxygens (including phenoxy) is 5. The van der Waals surface area contributed by atoms with Crippen molar-refractivity contribution in [3.63, 3.8) is 0 Å². The molecule has 1 aromatic carbocycles. The molecule has 8 heteroatoms. The van der Waals surface area contributed by atoms with E-state index in [1.54, 1.807) is 6.26 Å². The number of rotatable bonds is 6. The van der Waals surface area contributed by atoms with Crippen molar-refractivity contribution < 1.29 is 28.5 Å². The summed E-state index contributed by atoms with van der Waals surface area (Å²) in [6, 6.07) is 9.60. The first-order valence-electron chi connectivity index (χ1n) is 7.70. The van der Waals surface area contributed by atoms with Crippen LogP contribution < -0.4 is 0 Å². The van der Waals surface area contributed by atoms with E-state index in [1.807, 2.05) is 30.3 Å². The van der Waals surface area contributed by atoms with Gasteiger partial charge in [0.1, 0.15) is 24.9 Å². The third-order valence-corrected chi connectivity index (χ3v) is 4.82. The zero-order valence-corrected chi connectivity index (χ0v) is 16.0. The number of carbonyl (C=O) groups excluding carboxylic acids is 1. The van der Waals surface area contributed by atoms with Crippen LogP contribution >= 0.6 is 24.0 Å². The molecule has 0 aliphatic carbocycles. The van der Waals surface area contributed by atoms with Gasteiger partial charge < -0.3 is 23.7 Å². The van der Waals surface area contributed by atoms with Gasteiger partial charge in [-0.05, 0) is 24.0 Å². The van der Waals surface area contributed by atoms with Crippen LogP contribution in [0, 0.1) is 0 Å². The lowest BCUT2D eigenvalue weighted by Gasteiger charge is -2.31. The summed E-state index contributed by atoms with van der Waals surface area (Å²) in [5, 5.41) is 0. The summed E-state index contributed by atoms with van der Waals surface area (Å²) in [6.45, 7) is 0.114. The molecule has 1 saturated heterocycles. The lowest BCUT2D eigenvalue weighted by atomic mass is 10.0. The minimum absolute atomic E-state index is 0.166. The molecular weight excluding hydrogens is 364 g/mol. The Labute approximate surface area is 157 Å². The Morgan fingerprint density at radius 3 is 2.52 bits per heavy atom. The first kappa shape index (κ1) is 20.3. The van der Waals surface area contributed by atoms with Gasteiger partial charge in [-0.2, -0.15) is 0 Å². The maximum Gasteiger partial charge on any atom is 0.231 e. The van der Waals surface area contributed by atoms with Crippen molar-refractivity contribution >= 4 is 34.1 Å². The largest absolute Gasteiger partial charge is 0.446 e. The van der Waals surface area contributed by atoms with Crippen LogP contribution in [0.3, 0.4) is 0 Å². The Bertz CT molecular complexity index is 568. The molecule has 0 aromatic heterocycles. The number of ketones is 1. The van der Waals surface area contributed by atoms with Crippen LogP contribution in [0.25, 0.3) is 0 Å². The van der Waals surface area contributed by atoms with Crippen LogP contribution in [0.1, 0.15) is 5.56 Å². The van der Waals surface area contributed by atoms with Crippen molar-refractivity contribution in [1.29, 1.82) is 0 Å². The van der Waals surface area contributed by atoms with E-state index in [9.17, 15) is 4.79 Å². The fourth-order valence-corrected chi connectivity index (χ4v) is 2.83. The number of thioether (sulfide) groups is 1. The molecule has 0 radical (unpaired) electrons. The van der Waals surface area contributed by atoms with Crippen LogP contribution in [0.15, 0.2) is 30.3 Å². The molecular formula is C17H22O6S2. The Kier molecular flexibility index (Phi) is 8.28. The predicted molar refractivity (Wildman–Crippen MR) is 98.6 cm³/mol. The fourth-order valence-electron chi connectivity index (χ4n) is 2.55. The van der Waals surface area contributed by atoms with Gasteiger partial charge in [0, 0.05) is 14.2 Å². The third kappa shape index (κ3) is 5.47. The standard InChI is InChI=1S/C17H22O6S2/c1-19-14-13(21-9-11-7-5-4-6-8-11)12(18)10-22-16(15(14)20-2)23-17(24)25-3/h4-8,13-16H,9-10H2,1-3H3/t13-,14+,15-,16?/m1/s1. The average molecular weight is 386 g/mol. The van der Waals surface area contributed by atoms with Gasteiger partial charge in [-0.25, -0.2) is 0 Å². The van der Waals surface area contributed by atoms with Gasteiger partial charge >= 0.3 is 0 Å². The molecule has 1 aliphatic heterocycles. The van der Waals surface area contributed by atoms with Crippen molar-refractivity contribution in [1.82, 2.24) is 0 Å². The van der Waals surface area contributed by atoms with E-state index in [0.29, 0.717) is 4.38 Å². The normalized spacial score (nSPS) is 26.9. The number of hydrogen-bond acceptors (Lipinski definition) is 8. The molecule has 6 nitrogen and oxygen atoms in total. The van der Waals surface area contributed by atoms with Gasteiger partial charge in [-0.1, -0.05) is 42.1 Å². The molecule has 0 amide bonds. The van der Waals surface area contributed by atoms with Crippen LogP contribution in [-0.4, -0.2) is 61.9 Å². The van der Waals surface area contributed by atoms with Gasteiger partial charge in [-0.15, -0.1) is 0 Å². The number of Topliss-reactive ketones (excluding diaryl/α,β-unsaturated/α-hetero) is 1. The summed E-state index contributed by atoms with van der Waals surface area (Å²) >= 11 is 6.35. The van der Waals surface area contributed by atoms with E-state index < -0.39 is 24.6 Å². The zero-order chi connectivity index (χ0) is 18.2. The van der Waals surface area contributed by atoms with Crippen molar-refractivity contribution in [2.45, 2.75) is 31.2 Å². The van der Waals surface area contributed by atoms with Crippen LogP contribution in [0.5, 0.6) is 0 Å². The van der Waals surface area contributed by atoms with Crippen LogP contribution in [0.2, 0.25) is 0 Å². The molecule has 0 N–H and O–H groups in total. The average Bonchev–Trinajstić information content (AvgIpc) is 2.77. The summed E-state index contributed by atoms with van der Waals surface area (Å²) in [5.41, 5.74) is 0.959. The first-order chi connectivity index (χ1) is 12.1. The van der Waals surface area contributed by atoms with E-state index in [4.69, 9.17) is 35.9 Å². The van der Waals surface area contributed by atoms with Crippen molar-refractivity contribution in [3.8, 4) is 0 Å². The lowest BCUT2D eigenvalue weighted by Crippen LogP contribution is -2.49. The molecule has 0 spiro atoms. The summed E-state index contributed by atoms with van der Waals surface area (Å²) in [7, 11) is 3.00. The van der Waals surface area contributed by atoms with Gasteiger partial charge in [0.15, 0.2) is 5.78 Å². The van der Waals surface area contributed by atoms with Crippen LogP contribution in [0.4, 0.5) is 0 Å². The monoisotopic (exact) mass is 386 g/mol. The predicted octanol–water partition coefficient (Wildman–Crippen LogP) is 2.19. The van der Waals surface area contributed by atoms with Crippen molar-refractivity contribution in [2.24, 2.45) is 0 Å². The highest BCUT2D eigenvalue weighted by Crippen LogP contribution is 2.24. The molecule has 1 aliphatic rings. The second kappa shape index (κ2) is 10.2. The smallest absolute Gasteiger partial charge is 0.231 e. The quantitative estimate of drug-likeness (QED) is 0.690. The summed E-state index contributed by atoms with van der Waals surface area (Å²) in [4.78, 5) is 12.5. The number of carbonyl (C=O) groups is 1. The van der Waals surface area contributed by atoms with Gasteiger partial charge in [-0.3, -0.25) is 4.79 Å². The minimum atomic E-state index is -0.843. The molecule has 138 valence electrons. The number of thiocarbonyl (C=S) groups is 1. The highest BCUT2D eigenvalue weighted by molar-refractivity contribution is 8.22. The van der Waals surface area contributed by atoms with Crippen LogP contribution in [-0.2, 0) is 35.1 Å². The van der Waals surface area contributed by atoms with Crippen molar-refractivity contribution in [2.75, 3.05) is 27.1 Å². The molecule has 25 heavy (non-hydrogen) atoms. The van der Waals surface area contributed by atoms with E-state index in [-0.39, 0.29) is 19.0 Å². The highest BCUT2D eigenvalue weighted by atomic mass is 32.2. The SMILES string of the molecule is CO[C@H]1[C@H](OCc2ccccc2)C(=O)COC(OC(=S)SC)[C@@H]1OC. The minimum Gasteiger partial charge on any atom is -0.446 e. The Morgan fingerprint density at radius 1 is 1.24 bits per heavy atom. The fraction of sp³-hybridized carbons (Fsp3) is 0.529. The zero-order valence-electron chi connectivity index (χ0n) is 14.4. The Morgan fingerprint density at radius 2 is 1.92 bits per heavy atom. The lowest BCUT2D eigenvalue weighted by molar-refractivity contribution is -0.191.